The van der Waals surface area contributed by atoms with Crippen molar-refractivity contribution in [3.8, 4) is 0 Å². The van der Waals surface area contributed by atoms with E-state index in [-0.39, 0.29) is 11.8 Å². The summed E-state index contributed by atoms with van der Waals surface area (Å²) < 4.78 is 1.84. The van der Waals surface area contributed by atoms with Crippen molar-refractivity contribution in [2.75, 3.05) is 10.8 Å². The Morgan fingerprint density at radius 3 is 2.61 bits per heavy atom. The Hall–Kier alpha value is -2.33. The summed E-state index contributed by atoms with van der Waals surface area (Å²) in [5.41, 5.74) is 3.81. The number of para-hydroxylation sites is 2. The minimum Gasteiger partial charge on any atom is -0.305 e. The summed E-state index contributed by atoms with van der Waals surface area (Å²) in [7, 11) is 1.91. The minimum atomic E-state index is -0.129. The Labute approximate surface area is 140 Å². The van der Waals surface area contributed by atoms with Crippen LogP contribution in [0.5, 0.6) is 0 Å². The van der Waals surface area contributed by atoms with E-state index in [1.54, 1.807) is 4.90 Å². The summed E-state index contributed by atoms with van der Waals surface area (Å²) in [6, 6.07) is 15.8. The van der Waals surface area contributed by atoms with E-state index in [1.165, 1.54) is 0 Å². The zero-order valence-corrected chi connectivity index (χ0v) is 13.9. The third kappa shape index (κ3) is 2.94. The van der Waals surface area contributed by atoms with Crippen LogP contribution >= 0.6 is 11.6 Å². The lowest BCUT2D eigenvalue weighted by atomic mass is 10.1. The van der Waals surface area contributed by atoms with Crippen molar-refractivity contribution in [1.82, 2.24) is 9.78 Å². The molecule has 5 heteroatoms. The third-order valence-electron chi connectivity index (χ3n) is 3.96. The van der Waals surface area contributed by atoms with Gasteiger partial charge in [0.1, 0.15) is 5.88 Å². The molecule has 0 aliphatic heterocycles. The molecule has 0 saturated carbocycles. The van der Waals surface area contributed by atoms with Gasteiger partial charge in [0.05, 0.1) is 17.8 Å². The number of carbonyl (C=O) groups is 1. The quantitative estimate of drug-likeness (QED) is 0.686. The molecule has 0 unspecified atom stereocenters. The van der Waals surface area contributed by atoms with E-state index in [9.17, 15) is 4.79 Å². The fraction of sp³-hybridized carbons (Fsp3) is 0.222. The van der Waals surface area contributed by atoms with Gasteiger partial charge in [-0.3, -0.25) is 9.48 Å². The lowest BCUT2D eigenvalue weighted by Gasteiger charge is -2.23. The molecule has 3 aromatic rings. The number of hydrogen-bond donors (Lipinski definition) is 0. The number of amides is 1. The molecule has 23 heavy (non-hydrogen) atoms. The number of benzene rings is 2. The van der Waals surface area contributed by atoms with E-state index in [0.29, 0.717) is 6.54 Å². The predicted molar refractivity (Wildman–Crippen MR) is 93.8 cm³/mol. The first-order valence-corrected chi connectivity index (χ1v) is 7.98. The van der Waals surface area contributed by atoms with Gasteiger partial charge in [-0.2, -0.15) is 5.10 Å². The molecule has 1 amide bonds. The first-order valence-electron chi connectivity index (χ1n) is 7.44. The van der Waals surface area contributed by atoms with Crippen molar-refractivity contribution >= 4 is 34.1 Å². The molecular weight excluding hydrogens is 310 g/mol. The van der Waals surface area contributed by atoms with Crippen LogP contribution in [0.4, 0.5) is 5.69 Å². The van der Waals surface area contributed by atoms with Crippen LogP contribution in [-0.4, -0.2) is 21.6 Å². The largest absolute Gasteiger partial charge is 0.305 e. The number of aromatic nitrogens is 2. The fourth-order valence-corrected chi connectivity index (χ4v) is 2.95. The second kappa shape index (κ2) is 6.42. The third-order valence-corrected chi connectivity index (χ3v) is 4.19. The van der Waals surface area contributed by atoms with Crippen LogP contribution in [0.15, 0.2) is 48.5 Å². The van der Waals surface area contributed by atoms with Gasteiger partial charge < -0.3 is 4.90 Å². The molecule has 0 N–H and O–H groups in total. The van der Waals surface area contributed by atoms with Crippen molar-refractivity contribution in [2.24, 2.45) is 7.05 Å². The van der Waals surface area contributed by atoms with E-state index < -0.39 is 0 Å². The van der Waals surface area contributed by atoms with E-state index in [4.69, 9.17) is 11.6 Å². The molecule has 0 spiro atoms. The molecule has 0 radical (unpaired) electrons. The predicted octanol–water partition coefficient (Wildman–Crippen LogP) is 3.65. The number of halogens is 1. The van der Waals surface area contributed by atoms with E-state index in [0.717, 1.165) is 27.8 Å². The van der Waals surface area contributed by atoms with Gasteiger partial charge in [0, 0.05) is 18.1 Å². The van der Waals surface area contributed by atoms with Crippen LogP contribution in [0.1, 0.15) is 11.3 Å². The lowest BCUT2D eigenvalue weighted by Crippen LogP contribution is -2.32. The minimum absolute atomic E-state index is 0.0564. The number of fused-ring (bicyclic) bond motifs is 1. The van der Waals surface area contributed by atoms with Gasteiger partial charge in [0.25, 0.3) is 0 Å². The van der Waals surface area contributed by atoms with Crippen LogP contribution in [-0.2, 0) is 18.4 Å². The standard InChI is InChI=1S/C18H18ClN3O/c1-13-7-3-5-9-16(13)22(18(23)11-19)12-15-14-8-4-6-10-17(14)21(2)20-15/h3-10H,11-12H2,1-2H3. The number of rotatable bonds is 4. The molecule has 0 saturated heterocycles. The Kier molecular flexibility index (Phi) is 4.35. The number of hydrogen-bond acceptors (Lipinski definition) is 2. The van der Waals surface area contributed by atoms with E-state index >= 15 is 0 Å². The normalized spacial score (nSPS) is 10.9. The molecule has 0 fully saturated rings. The van der Waals surface area contributed by atoms with Crippen molar-refractivity contribution in [2.45, 2.75) is 13.5 Å². The molecule has 1 heterocycles. The molecule has 1 aromatic heterocycles. The highest BCUT2D eigenvalue weighted by Crippen LogP contribution is 2.25. The highest BCUT2D eigenvalue weighted by atomic mass is 35.5. The first kappa shape index (κ1) is 15.6. The molecule has 3 rings (SSSR count). The molecule has 0 atom stereocenters. The van der Waals surface area contributed by atoms with Gasteiger partial charge in [0.2, 0.25) is 5.91 Å². The summed E-state index contributed by atoms with van der Waals surface area (Å²) in [5.74, 6) is -0.185. The topological polar surface area (TPSA) is 38.1 Å². The smallest absolute Gasteiger partial charge is 0.242 e. The number of aryl methyl sites for hydroxylation is 2. The maximum atomic E-state index is 12.4. The second-order valence-corrected chi connectivity index (χ2v) is 5.75. The molecular formula is C18H18ClN3O. The lowest BCUT2D eigenvalue weighted by molar-refractivity contribution is -0.116. The van der Waals surface area contributed by atoms with Crippen LogP contribution in [0.3, 0.4) is 0 Å². The Balaban J connectivity index is 2.05. The SMILES string of the molecule is Cc1ccccc1N(Cc1nn(C)c2ccccc12)C(=O)CCl. The summed E-state index contributed by atoms with van der Waals surface area (Å²) in [6.45, 7) is 2.39. The fourth-order valence-electron chi connectivity index (χ4n) is 2.80. The summed E-state index contributed by atoms with van der Waals surface area (Å²) >= 11 is 5.82. The van der Waals surface area contributed by atoms with Crippen LogP contribution in [0, 0.1) is 6.92 Å². The van der Waals surface area contributed by atoms with Crippen molar-refractivity contribution in [3.05, 3.63) is 59.8 Å². The van der Waals surface area contributed by atoms with Gasteiger partial charge in [-0.05, 0) is 24.6 Å². The first-order chi connectivity index (χ1) is 11.1. The maximum absolute atomic E-state index is 12.4. The second-order valence-electron chi connectivity index (χ2n) is 5.49. The molecule has 2 aromatic carbocycles. The number of alkyl halides is 1. The zero-order chi connectivity index (χ0) is 16.4. The van der Waals surface area contributed by atoms with Crippen LogP contribution in [0.25, 0.3) is 10.9 Å². The summed E-state index contributed by atoms with van der Waals surface area (Å²) in [4.78, 5) is 14.1. The van der Waals surface area contributed by atoms with E-state index in [1.807, 2.05) is 67.2 Å². The van der Waals surface area contributed by atoms with Gasteiger partial charge in [-0.1, -0.05) is 36.4 Å². The summed E-state index contributed by atoms with van der Waals surface area (Å²) in [5, 5.41) is 5.63. The molecule has 118 valence electrons. The van der Waals surface area contributed by atoms with Crippen molar-refractivity contribution in [1.29, 1.82) is 0 Å². The number of nitrogens with zero attached hydrogens (tertiary/aromatic N) is 3. The number of carbonyl (C=O) groups excluding carboxylic acids is 1. The van der Waals surface area contributed by atoms with Crippen molar-refractivity contribution < 1.29 is 4.79 Å². The monoisotopic (exact) mass is 327 g/mol. The van der Waals surface area contributed by atoms with Gasteiger partial charge in [0.15, 0.2) is 0 Å². The maximum Gasteiger partial charge on any atom is 0.242 e. The Morgan fingerprint density at radius 1 is 1.17 bits per heavy atom. The Morgan fingerprint density at radius 2 is 1.87 bits per heavy atom. The van der Waals surface area contributed by atoms with Crippen LogP contribution in [0.2, 0.25) is 0 Å². The molecule has 4 nitrogen and oxygen atoms in total. The van der Waals surface area contributed by atoms with E-state index in [2.05, 4.69) is 5.10 Å². The highest BCUT2D eigenvalue weighted by Gasteiger charge is 2.20. The molecule has 0 aliphatic carbocycles. The zero-order valence-electron chi connectivity index (χ0n) is 13.2. The molecule has 0 aliphatic rings. The number of anilines is 1. The summed E-state index contributed by atoms with van der Waals surface area (Å²) in [6.07, 6.45) is 0. The van der Waals surface area contributed by atoms with Gasteiger partial charge in [-0.25, -0.2) is 0 Å². The highest BCUT2D eigenvalue weighted by molar-refractivity contribution is 6.29. The van der Waals surface area contributed by atoms with Crippen molar-refractivity contribution in [3.63, 3.8) is 0 Å². The average molecular weight is 328 g/mol. The van der Waals surface area contributed by atoms with Gasteiger partial charge >= 0.3 is 0 Å². The average Bonchev–Trinajstić information content (AvgIpc) is 2.89. The van der Waals surface area contributed by atoms with Gasteiger partial charge in [-0.15, -0.1) is 11.6 Å². The molecule has 0 bridgehead atoms. The van der Waals surface area contributed by atoms with Crippen LogP contribution < -0.4 is 4.90 Å². The Bertz CT molecular complexity index is 856.